The number of rotatable bonds is 4. The summed E-state index contributed by atoms with van der Waals surface area (Å²) in [6.07, 6.45) is 0. The molecule has 4 nitrogen and oxygen atoms in total. The molecule has 0 fully saturated rings. The Kier molecular flexibility index (Phi) is 4.19. The minimum Gasteiger partial charge on any atom is -0.326 e. The zero-order chi connectivity index (χ0) is 15.6. The number of nitrogens with one attached hydrogen (secondary N) is 1. The third-order valence-corrected chi connectivity index (χ3v) is 4.21. The van der Waals surface area contributed by atoms with Crippen LogP contribution in [0.5, 0.6) is 0 Å². The van der Waals surface area contributed by atoms with E-state index in [9.17, 15) is 21.6 Å². The minimum absolute atomic E-state index is 0.180. The summed E-state index contributed by atoms with van der Waals surface area (Å²) in [7, 11) is -4.17. The van der Waals surface area contributed by atoms with E-state index in [4.69, 9.17) is 5.73 Å². The summed E-state index contributed by atoms with van der Waals surface area (Å²) in [5.74, 6) is -3.06. The van der Waals surface area contributed by atoms with Gasteiger partial charge in [-0.25, -0.2) is 21.6 Å². The molecule has 2 aromatic carbocycles. The lowest BCUT2D eigenvalue weighted by Crippen LogP contribution is -2.17. The average Bonchev–Trinajstić information content (AvgIpc) is 2.42. The molecule has 8 heteroatoms. The van der Waals surface area contributed by atoms with Gasteiger partial charge in [0.1, 0.15) is 5.82 Å². The van der Waals surface area contributed by atoms with Crippen LogP contribution in [0.3, 0.4) is 0 Å². The maximum Gasteiger partial charge on any atom is 0.262 e. The maximum atomic E-state index is 13.6. The second kappa shape index (κ2) is 5.74. The molecule has 112 valence electrons. The fourth-order valence-electron chi connectivity index (χ4n) is 1.76. The molecule has 2 aromatic rings. The quantitative estimate of drug-likeness (QED) is 0.909. The number of sulfonamides is 1. The molecule has 0 aromatic heterocycles. The topological polar surface area (TPSA) is 72.2 Å². The van der Waals surface area contributed by atoms with E-state index < -0.39 is 27.5 Å². The lowest BCUT2D eigenvalue weighted by Gasteiger charge is -2.12. The number of anilines is 1. The summed E-state index contributed by atoms with van der Waals surface area (Å²) in [6, 6.07) is 5.99. The summed E-state index contributed by atoms with van der Waals surface area (Å²) in [5, 5.41) is 0. The van der Waals surface area contributed by atoms with E-state index in [1.54, 1.807) is 0 Å². The Hall–Kier alpha value is -2.06. The SMILES string of the molecule is NCc1c(F)cccc1S(=O)(=O)Nc1ccc(F)c(F)c1. The van der Waals surface area contributed by atoms with E-state index in [2.05, 4.69) is 0 Å². The highest BCUT2D eigenvalue weighted by Crippen LogP contribution is 2.22. The number of hydrogen-bond donors (Lipinski definition) is 2. The van der Waals surface area contributed by atoms with Gasteiger partial charge in [-0.1, -0.05) is 6.07 Å². The predicted molar refractivity (Wildman–Crippen MR) is 71.5 cm³/mol. The second-order valence-corrected chi connectivity index (χ2v) is 5.81. The molecule has 0 unspecified atom stereocenters. The van der Waals surface area contributed by atoms with E-state index in [0.29, 0.717) is 6.07 Å². The fourth-order valence-corrected chi connectivity index (χ4v) is 3.07. The second-order valence-electron chi connectivity index (χ2n) is 4.16. The van der Waals surface area contributed by atoms with Crippen molar-refractivity contribution in [3.05, 3.63) is 59.4 Å². The average molecular weight is 316 g/mol. The van der Waals surface area contributed by atoms with E-state index in [0.717, 1.165) is 18.2 Å². The van der Waals surface area contributed by atoms with Crippen LogP contribution in [0.1, 0.15) is 5.56 Å². The zero-order valence-electron chi connectivity index (χ0n) is 10.6. The molecule has 0 atom stereocenters. The van der Waals surface area contributed by atoms with E-state index in [-0.39, 0.29) is 22.7 Å². The molecule has 0 amide bonds. The summed E-state index contributed by atoms with van der Waals surface area (Å²) in [5.41, 5.74) is 4.98. The molecule has 0 bridgehead atoms. The lowest BCUT2D eigenvalue weighted by molar-refractivity contribution is 0.509. The normalized spacial score (nSPS) is 11.4. The molecular weight excluding hydrogens is 305 g/mol. The Morgan fingerprint density at radius 1 is 1.00 bits per heavy atom. The maximum absolute atomic E-state index is 13.6. The Morgan fingerprint density at radius 3 is 2.33 bits per heavy atom. The van der Waals surface area contributed by atoms with Crippen molar-refractivity contribution in [2.75, 3.05) is 4.72 Å². The van der Waals surface area contributed by atoms with Gasteiger partial charge in [-0.2, -0.15) is 0 Å². The van der Waals surface area contributed by atoms with Crippen molar-refractivity contribution < 1.29 is 21.6 Å². The molecule has 0 aliphatic carbocycles. The highest BCUT2D eigenvalue weighted by Gasteiger charge is 2.20. The summed E-state index contributed by atoms with van der Waals surface area (Å²) in [4.78, 5) is -0.352. The van der Waals surface area contributed by atoms with Crippen LogP contribution in [0.25, 0.3) is 0 Å². The van der Waals surface area contributed by atoms with Gasteiger partial charge in [0.15, 0.2) is 11.6 Å². The highest BCUT2D eigenvalue weighted by atomic mass is 32.2. The summed E-state index contributed by atoms with van der Waals surface area (Å²) in [6.45, 7) is -0.319. The summed E-state index contributed by atoms with van der Waals surface area (Å²) < 4.78 is 65.8. The molecule has 0 radical (unpaired) electrons. The first-order valence-electron chi connectivity index (χ1n) is 5.80. The van der Waals surface area contributed by atoms with Crippen LogP contribution in [0.15, 0.2) is 41.3 Å². The molecule has 0 saturated carbocycles. The van der Waals surface area contributed by atoms with E-state index in [1.165, 1.54) is 12.1 Å². The Morgan fingerprint density at radius 2 is 1.71 bits per heavy atom. The van der Waals surface area contributed by atoms with Gasteiger partial charge in [-0.3, -0.25) is 4.72 Å². The predicted octanol–water partition coefficient (Wildman–Crippen LogP) is 2.36. The van der Waals surface area contributed by atoms with Crippen LogP contribution in [0.2, 0.25) is 0 Å². The third kappa shape index (κ3) is 3.17. The first kappa shape index (κ1) is 15.3. The smallest absolute Gasteiger partial charge is 0.262 e. The van der Waals surface area contributed by atoms with Crippen molar-refractivity contribution in [2.45, 2.75) is 11.4 Å². The van der Waals surface area contributed by atoms with Crippen LogP contribution in [0, 0.1) is 17.5 Å². The molecule has 2 rings (SSSR count). The van der Waals surface area contributed by atoms with Crippen LogP contribution in [-0.2, 0) is 16.6 Å². The molecule has 3 N–H and O–H groups in total. The first-order valence-corrected chi connectivity index (χ1v) is 7.29. The van der Waals surface area contributed by atoms with Crippen LogP contribution in [-0.4, -0.2) is 8.42 Å². The van der Waals surface area contributed by atoms with Crippen LogP contribution in [0.4, 0.5) is 18.9 Å². The van der Waals surface area contributed by atoms with Crippen molar-refractivity contribution in [3.63, 3.8) is 0 Å². The molecule has 0 saturated heterocycles. The van der Waals surface area contributed by atoms with Gasteiger partial charge in [-0.05, 0) is 24.3 Å². The number of nitrogens with two attached hydrogens (primary N) is 1. The molecule has 0 heterocycles. The van der Waals surface area contributed by atoms with Gasteiger partial charge in [0.25, 0.3) is 10.0 Å². The monoisotopic (exact) mass is 316 g/mol. The van der Waals surface area contributed by atoms with Gasteiger partial charge in [-0.15, -0.1) is 0 Å². The van der Waals surface area contributed by atoms with Crippen LogP contribution < -0.4 is 10.5 Å². The van der Waals surface area contributed by atoms with Crippen molar-refractivity contribution in [2.24, 2.45) is 5.73 Å². The lowest BCUT2D eigenvalue weighted by atomic mass is 10.2. The fraction of sp³-hybridized carbons (Fsp3) is 0.0769. The van der Waals surface area contributed by atoms with Gasteiger partial charge < -0.3 is 5.73 Å². The number of benzene rings is 2. The van der Waals surface area contributed by atoms with Crippen molar-refractivity contribution >= 4 is 15.7 Å². The van der Waals surface area contributed by atoms with Gasteiger partial charge >= 0.3 is 0 Å². The standard InChI is InChI=1S/C13H11F3N2O2S/c14-10-2-1-3-13(9(10)7-17)21(19,20)18-8-4-5-11(15)12(16)6-8/h1-6,18H,7,17H2. The molecule has 0 aliphatic rings. The first-order chi connectivity index (χ1) is 9.85. The Bertz CT molecular complexity index is 779. The van der Waals surface area contributed by atoms with Crippen LogP contribution >= 0.6 is 0 Å². The van der Waals surface area contributed by atoms with Gasteiger partial charge in [0.2, 0.25) is 0 Å². The van der Waals surface area contributed by atoms with Crippen molar-refractivity contribution in [1.82, 2.24) is 0 Å². The Balaban J connectivity index is 2.43. The molecule has 21 heavy (non-hydrogen) atoms. The largest absolute Gasteiger partial charge is 0.326 e. The number of hydrogen-bond acceptors (Lipinski definition) is 3. The van der Waals surface area contributed by atoms with E-state index >= 15 is 0 Å². The van der Waals surface area contributed by atoms with Crippen molar-refractivity contribution in [3.8, 4) is 0 Å². The number of halogens is 3. The zero-order valence-corrected chi connectivity index (χ0v) is 11.4. The minimum atomic E-state index is -4.17. The third-order valence-electron chi connectivity index (χ3n) is 2.74. The molecule has 0 spiro atoms. The van der Waals surface area contributed by atoms with Gasteiger partial charge in [0.05, 0.1) is 10.6 Å². The molecule has 0 aliphatic heterocycles. The highest BCUT2D eigenvalue weighted by molar-refractivity contribution is 7.92. The van der Waals surface area contributed by atoms with Gasteiger partial charge in [0, 0.05) is 18.2 Å². The van der Waals surface area contributed by atoms with E-state index in [1.807, 2.05) is 4.72 Å². The summed E-state index contributed by atoms with van der Waals surface area (Å²) >= 11 is 0. The van der Waals surface area contributed by atoms with Crippen molar-refractivity contribution in [1.29, 1.82) is 0 Å². The molecular formula is C13H11F3N2O2S. The Labute approximate surface area is 119 Å².